The molecule has 11 heteroatoms. The van der Waals surface area contributed by atoms with E-state index < -0.39 is 40.8 Å². The molecule has 21 heavy (non-hydrogen) atoms. The lowest BCUT2D eigenvalue weighted by Crippen LogP contribution is -2.40. The highest BCUT2D eigenvalue weighted by molar-refractivity contribution is 9.10. The minimum atomic E-state index is -4.77. The lowest BCUT2D eigenvalue weighted by molar-refractivity contribution is -0.136. The summed E-state index contributed by atoms with van der Waals surface area (Å²) in [5.74, 6) is 0. The van der Waals surface area contributed by atoms with Gasteiger partial charge in [-0.1, -0.05) is 39.1 Å². The first kappa shape index (κ1) is 19.0. The van der Waals surface area contributed by atoms with Gasteiger partial charge in [0.15, 0.2) is 0 Å². The Bertz CT molecular complexity index is 601. The van der Waals surface area contributed by atoms with Crippen LogP contribution in [-0.2, 0) is 10.0 Å². The zero-order valence-corrected chi connectivity index (χ0v) is 14.1. The molecule has 0 fully saturated rings. The maximum atomic E-state index is 12.5. The molecule has 0 aliphatic carbocycles. The van der Waals surface area contributed by atoms with Gasteiger partial charge in [0.05, 0.1) is 16.7 Å². The second-order valence-electron chi connectivity index (χ2n) is 3.88. The third-order valence-electron chi connectivity index (χ3n) is 2.27. The Balaban J connectivity index is 3.36. The van der Waals surface area contributed by atoms with Gasteiger partial charge in [-0.3, -0.25) is 0 Å². The molecule has 0 heterocycles. The average molecular weight is 431 g/mol. The number of halogens is 6. The van der Waals surface area contributed by atoms with E-state index in [0.29, 0.717) is 4.47 Å². The molecule has 0 saturated heterocycles. The van der Waals surface area contributed by atoms with E-state index in [0.717, 1.165) is 0 Å². The van der Waals surface area contributed by atoms with Crippen molar-refractivity contribution in [1.82, 2.24) is 4.31 Å². The lowest BCUT2D eigenvalue weighted by atomic mass is 10.4. The smallest absolute Gasteiger partial charge is 0.395 e. The minimum Gasteiger partial charge on any atom is -0.395 e. The van der Waals surface area contributed by atoms with E-state index in [1.807, 2.05) is 0 Å². The fraction of sp³-hybridized carbons (Fsp3) is 0.400. The standard InChI is InChI=1S/C10H9BrCl2F3NO3S/c11-6-3-7(12)9(8(13)4-6)21(19,20)17(1-2-18)5-10(14,15)16/h3-4,18H,1-2,5H2. The second-order valence-corrected chi connectivity index (χ2v) is 7.48. The highest BCUT2D eigenvalue weighted by Crippen LogP contribution is 2.35. The molecule has 0 spiro atoms. The van der Waals surface area contributed by atoms with Crippen molar-refractivity contribution in [3.63, 3.8) is 0 Å². The van der Waals surface area contributed by atoms with Gasteiger partial charge in [0, 0.05) is 11.0 Å². The number of aliphatic hydroxyl groups is 1. The first-order valence-electron chi connectivity index (χ1n) is 5.31. The third-order valence-corrected chi connectivity index (χ3v) is 5.49. The van der Waals surface area contributed by atoms with Crippen LogP contribution < -0.4 is 0 Å². The Labute approximate surface area is 137 Å². The molecule has 0 atom stereocenters. The van der Waals surface area contributed by atoms with E-state index >= 15 is 0 Å². The van der Waals surface area contributed by atoms with E-state index in [9.17, 15) is 21.6 Å². The zero-order valence-electron chi connectivity index (χ0n) is 10.2. The Kier molecular flexibility index (Phi) is 6.34. The molecule has 0 saturated carbocycles. The molecule has 0 aliphatic rings. The van der Waals surface area contributed by atoms with Crippen molar-refractivity contribution >= 4 is 49.2 Å². The maximum absolute atomic E-state index is 12.5. The molecule has 0 aliphatic heterocycles. The number of aliphatic hydroxyl groups excluding tert-OH is 1. The van der Waals surface area contributed by atoms with Crippen molar-refractivity contribution < 1.29 is 26.7 Å². The highest BCUT2D eigenvalue weighted by Gasteiger charge is 2.38. The van der Waals surface area contributed by atoms with Crippen LogP contribution >= 0.6 is 39.1 Å². The van der Waals surface area contributed by atoms with Crippen LogP contribution in [-0.4, -0.2) is 43.7 Å². The Morgan fingerprint density at radius 3 is 2.10 bits per heavy atom. The van der Waals surface area contributed by atoms with Crippen LogP contribution in [0.15, 0.2) is 21.5 Å². The number of alkyl halides is 3. The fourth-order valence-electron chi connectivity index (χ4n) is 1.50. The third kappa shape index (κ3) is 4.97. The summed E-state index contributed by atoms with van der Waals surface area (Å²) >= 11 is 14.6. The molecule has 120 valence electrons. The zero-order chi connectivity index (χ0) is 16.4. The molecule has 1 rings (SSSR count). The molecule has 1 aromatic rings. The van der Waals surface area contributed by atoms with Crippen LogP contribution in [0.2, 0.25) is 10.0 Å². The summed E-state index contributed by atoms with van der Waals surface area (Å²) in [6.07, 6.45) is -4.77. The van der Waals surface area contributed by atoms with Crippen LogP contribution in [0.25, 0.3) is 0 Å². The summed E-state index contributed by atoms with van der Waals surface area (Å²) in [7, 11) is -4.61. The molecular formula is C10H9BrCl2F3NO3S. The number of nitrogens with zero attached hydrogens (tertiary/aromatic N) is 1. The molecule has 1 N–H and O–H groups in total. The molecule has 0 radical (unpaired) electrons. The van der Waals surface area contributed by atoms with Crippen LogP contribution in [0.3, 0.4) is 0 Å². The average Bonchev–Trinajstić information content (AvgIpc) is 2.24. The SMILES string of the molecule is O=S(=O)(c1c(Cl)cc(Br)cc1Cl)N(CCO)CC(F)(F)F. The van der Waals surface area contributed by atoms with Gasteiger partial charge < -0.3 is 5.11 Å². The quantitative estimate of drug-likeness (QED) is 0.779. The number of benzene rings is 1. The van der Waals surface area contributed by atoms with Gasteiger partial charge in [-0.05, 0) is 12.1 Å². The van der Waals surface area contributed by atoms with Crippen LogP contribution in [0, 0.1) is 0 Å². The molecular weight excluding hydrogens is 422 g/mol. The predicted molar refractivity (Wildman–Crippen MR) is 76.1 cm³/mol. The monoisotopic (exact) mass is 429 g/mol. The van der Waals surface area contributed by atoms with Gasteiger partial charge in [-0.15, -0.1) is 0 Å². The summed E-state index contributed by atoms with van der Waals surface area (Å²) in [6.45, 7) is -3.26. The number of sulfonamides is 1. The second kappa shape index (κ2) is 7.01. The summed E-state index contributed by atoms with van der Waals surface area (Å²) in [6, 6.07) is 2.40. The number of rotatable bonds is 5. The van der Waals surface area contributed by atoms with Crippen molar-refractivity contribution in [1.29, 1.82) is 0 Å². The largest absolute Gasteiger partial charge is 0.402 e. The van der Waals surface area contributed by atoms with Gasteiger partial charge in [0.25, 0.3) is 0 Å². The summed E-state index contributed by atoms with van der Waals surface area (Å²) in [5, 5.41) is 8.14. The van der Waals surface area contributed by atoms with E-state index in [1.165, 1.54) is 12.1 Å². The number of hydrogen-bond donors (Lipinski definition) is 1. The lowest BCUT2D eigenvalue weighted by Gasteiger charge is -2.23. The van der Waals surface area contributed by atoms with Gasteiger partial charge in [0.2, 0.25) is 10.0 Å². The molecule has 1 aromatic carbocycles. The van der Waals surface area contributed by atoms with Crippen molar-refractivity contribution in [3.05, 3.63) is 26.7 Å². The van der Waals surface area contributed by atoms with E-state index in [4.69, 9.17) is 28.3 Å². The molecule has 0 bridgehead atoms. The normalized spacial score (nSPS) is 13.0. The van der Waals surface area contributed by atoms with E-state index in [2.05, 4.69) is 15.9 Å². The van der Waals surface area contributed by atoms with Gasteiger partial charge in [-0.2, -0.15) is 17.5 Å². The Morgan fingerprint density at radius 2 is 1.71 bits per heavy atom. The van der Waals surface area contributed by atoms with Crippen molar-refractivity contribution in [2.45, 2.75) is 11.1 Å². The van der Waals surface area contributed by atoms with Crippen LogP contribution in [0.4, 0.5) is 13.2 Å². The van der Waals surface area contributed by atoms with Crippen LogP contribution in [0.1, 0.15) is 0 Å². The fourth-order valence-corrected chi connectivity index (χ4v) is 4.80. The first-order valence-corrected chi connectivity index (χ1v) is 8.30. The molecule has 4 nitrogen and oxygen atoms in total. The minimum absolute atomic E-state index is 0.0774. The van der Waals surface area contributed by atoms with Gasteiger partial charge in [-0.25, -0.2) is 8.42 Å². The molecule has 0 amide bonds. The Hall–Kier alpha value is -0.0600. The van der Waals surface area contributed by atoms with Crippen molar-refractivity contribution in [2.75, 3.05) is 19.7 Å². The molecule has 0 aromatic heterocycles. The van der Waals surface area contributed by atoms with E-state index in [1.54, 1.807) is 0 Å². The molecule has 0 unspecified atom stereocenters. The van der Waals surface area contributed by atoms with Gasteiger partial charge >= 0.3 is 6.18 Å². The van der Waals surface area contributed by atoms with Gasteiger partial charge in [0.1, 0.15) is 11.4 Å². The van der Waals surface area contributed by atoms with Crippen molar-refractivity contribution in [3.8, 4) is 0 Å². The summed E-state index contributed by atoms with van der Waals surface area (Å²) in [5.41, 5.74) is 0. The highest BCUT2D eigenvalue weighted by atomic mass is 79.9. The Morgan fingerprint density at radius 1 is 1.24 bits per heavy atom. The summed E-state index contributed by atoms with van der Waals surface area (Å²) in [4.78, 5) is -0.633. The van der Waals surface area contributed by atoms with Crippen LogP contribution in [0.5, 0.6) is 0 Å². The summed E-state index contributed by atoms with van der Waals surface area (Å²) < 4.78 is 62.5. The number of hydrogen-bond acceptors (Lipinski definition) is 3. The maximum Gasteiger partial charge on any atom is 0.402 e. The first-order chi connectivity index (χ1) is 9.49. The van der Waals surface area contributed by atoms with E-state index in [-0.39, 0.29) is 14.4 Å². The van der Waals surface area contributed by atoms with Crippen molar-refractivity contribution in [2.24, 2.45) is 0 Å². The predicted octanol–water partition coefficient (Wildman–Crippen LogP) is 3.30. The topological polar surface area (TPSA) is 57.6 Å².